The van der Waals surface area contributed by atoms with E-state index in [1.54, 1.807) is 0 Å². The van der Waals surface area contributed by atoms with Gasteiger partial charge in [-0.3, -0.25) is 4.79 Å². The lowest BCUT2D eigenvalue weighted by molar-refractivity contribution is -0.131. The van der Waals surface area contributed by atoms with Crippen LogP contribution in [0.3, 0.4) is 0 Å². The van der Waals surface area contributed by atoms with Crippen molar-refractivity contribution >= 4 is 28.2 Å². The third-order valence-corrected chi connectivity index (χ3v) is 10.3. The van der Waals surface area contributed by atoms with Gasteiger partial charge in [0.05, 0.1) is 37.4 Å². The summed E-state index contributed by atoms with van der Waals surface area (Å²) in [5, 5.41) is 12.0. The fourth-order valence-corrected chi connectivity index (χ4v) is 7.60. The number of piperazine rings is 1. The minimum atomic E-state index is -1.00. The fraction of sp³-hybridized carbons (Fsp3) is 0.500. The van der Waals surface area contributed by atoms with Crippen molar-refractivity contribution < 1.29 is 13.9 Å². The second-order valence-electron chi connectivity index (χ2n) is 13.5. The predicted octanol–water partition coefficient (Wildman–Crippen LogP) is 5.17. The molecular formula is C36H42FN7O2. The van der Waals surface area contributed by atoms with E-state index in [4.69, 9.17) is 14.7 Å². The maximum atomic E-state index is 13.9. The van der Waals surface area contributed by atoms with Gasteiger partial charge in [-0.1, -0.05) is 36.9 Å². The molecule has 10 heteroatoms. The van der Waals surface area contributed by atoms with Gasteiger partial charge in [0.1, 0.15) is 5.82 Å². The highest BCUT2D eigenvalue weighted by molar-refractivity contribution is 5.97. The molecule has 1 aliphatic carbocycles. The van der Waals surface area contributed by atoms with Gasteiger partial charge in [0.15, 0.2) is 5.83 Å². The Balaban J connectivity index is 1.20. The molecule has 1 atom stereocenters. The number of aryl methyl sites for hydroxylation is 1. The molecule has 0 spiro atoms. The lowest BCUT2D eigenvalue weighted by atomic mass is 9.99. The van der Waals surface area contributed by atoms with E-state index in [0.717, 1.165) is 49.4 Å². The third kappa shape index (κ3) is 6.01. The predicted molar refractivity (Wildman–Crippen MR) is 176 cm³/mol. The molecule has 2 aromatic carbocycles. The van der Waals surface area contributed by atoms with Crippen LogP contribution in [0.2, 0.25) is 0 Å². The van der Waals surface area contributed by atoms with E-state index >= 15 is 0 Å². The molecule has 0 N–H and O–H groups in total. The molecule has 1 amide bonds. The van der Waals surface area contributed by atoms with Gasteiger partial charge in [-0.2, -0.15) is 15.2 Å². The number of anilines is 2. The second kappa shape index (κ2) is 12.5. The van der Waals surface area contributed by atoms with Crippen LogP contribution in [0.1, 0.15) is 48.9 Å². The number of likely N-dealkylation sites (tertiary alicyclic amines) is 1. The Morgan fingerprint density at radius 1 is 1.09 bits per heavy atom. The van der Waals surface area contributed by atoms with Crippen molar-refractivity contribution in [2.45, 2.75) is 58.0 Å². The topological polar surface area (TPSA) is 88.8 Å². The van der Waals surface area contributed by atoms with Gasteiger partial charge >= 0.3 is 6.01 Å². The van der Waals surface area contributed by atoms with Crippen LogP contribution in [0.5, 0.6) is 6.01 Å². The number of hydrogen-bond donors (Lipinski definition) is 0. The van der Waals surface area contributed by atoms with Gasteiger partial charge in [-0.15, -0.1) is 0 Å². The van der Waals surface area contributed by atoms with Gasteiger partial charge in [-0.25, -0.2) is 4.39 Å². The van der Waals surface area contributed by atoms with Crippen molar-refractivity contribution in [3.05, 3.63) is 65.6 Å². The molecule has 0 unspecified atom stereocenters. The summed E-state index contributed by atoms with van der Waals surface area (Å²) in [6, 6.07) is 15.0. The molecule has 9 nitrogen and oxygen atoms in total. The molecule has 240 valence electrons. The number of nitrogens with zero attached hydrogens (tertiary/aromatic N) is 7. The average Bonchev–Trinajstić information content (AvgIpc) is 3.64. The number of amides is 1. The first kappa shape index (κ1) is 30.4. The Bertz CT molecular complexity index is 1690. The molecule has 4 aliphatic rings. The van der Waals surface area contributed by atoms with Crippen LogP contribution >= 0.6 is 0 Å². The van der Waals surface area contributed by atoms with Crippen LogP contribution in [0.4, 0.5) is 15.9 Å². The Hall–Kier alpha value is -4.23. The quantitative estimate of drug-likeness (QED) is 0.302. The summed E-state index contributed by atoms with van der Waals surface area (Å²) in [6.45, 7) is 11.9. The molecule has 2 saturated heterocycles. The van der Waals surface area contributed by atoms with Crippen molar-refractivity contribution in [1.29, 1.82) is 5.26 Å². The number of carbonyl (C=O) groups excluding carboxylic acids is 1. The van der Waals surface area contributed by atoms with E-state index < -0.39 is 17.8 Å². The largest absolute Gasteiger partial charge is 0.463 e. The van der Waals surface area contributed by atoms with E-state index in [9.17, 15) is 14.4 Å². The van der Waals surface area contributed by atoms with Crippen molar-refractivity contribution in [2.24, 2.45) is 5.41 Å². The van der Waals surface area contributed by atoms with Gasteiger partial charge in [-0.05, 0) is 69.1 Å². The molecule has 46 heavy (non-hydrogen) atoms. The summed E-state index contributed by atoms with van der Waals surface area (Å²) in [5.74, 6) is -0.951. The number of nitriles is 1. The minimum absolute atomic E-state index is 0.0966. The maximum Gasteiger partial charge on any atom is 0.318 e. The zero-order valence-electron chi connectivity index (χ0n) is 26.7. The number of rotatable bonds is 9. The average molecular weight is 624 g/mol. The summed E-state index contributed by atoms with van der Waals surface area (Å²) in [5.41, 5.74) is 4.61. The van der Waals surface area contributed by atoms with Gasteiger partial charge in [0, 0.05) is 54.8 Å². The molecule has 3 aromatic rings. The van der Waals surface area contributed by atoms with Crippen LogP contribution in [-0.2, 0) is 17.8 Å². The monoisotopic (exact) mass is 623 g/mol. The number of carbonyl (C=O) groups is 1. The van der Waals surface area contributed by atoms with Gasteiger partial charge in [0.25, 0.3) is 5.91 Å². The van der Waals surface area contributed by atoms with E-state index in [0.29, 0.717) is 32.3 Å². The zero-order chi connectivity index (χ0) is 31.8. The molecule has 3 fully saturated rings. The van der Waals surface area contributed by atoms with E-state index in [-0.39, 0.29) is 18.4 Å². The summed E-state index contributed by atoms with van der Waals surface area (Å²) < 4.78 is 20.3. The summed E-state index contributed by atoms with van der Waals surface area (Å²) in [4.78, 5) is 31.2. The summed E-state index contributed by atoms with van der Waals surface area (Å²) in [7, 11) is 0. The minimum Gasteiger partial charge on any atom is -0.463 e. The molecule has 0 bridgehead atoms. The first-order chi connectivity index (χ1) is 22.3. The molecule has 7 rings (SSSR count). The Morgan fingerprint density at radius 2 is 1.87 bits per heavy atom. The Labute approximate surface area is 270 Å². The first-order valence-corrected chi connectivity index (χ1v) is 16.6. The van der Waals surface area contributed by atoms with Crippen LogP contribution < -0.4 is 14.5 Å². The summed E-state index contributed by atoms with van der Waals surface area (Å²) >= 11 is 0. The van der Waals surface area contributed by atoms with Crippen LogP contribution in [0.25, 0.3) is 10.8 Å². The molecular weight excluding hydrogens is 581 g/mol. The Morgan fingerprint density at radius 3 is 2.61 bits per heavy atom. The number of ether oxygens (including phenoxy) is 1. The van der Waals surface area contributed by atoms with E-state index in [1.807, 2.05) is 0 Å². The fourth-order valence-electron chi connectivity index (χ4n) is 7.60. The normalized spacial score (nSPS) is 20.8. The van der Waals surface area contributed by atoms with E-state index in [2.05, 4.69) is 70.7 Å². The van der Waals surface area contributed by atoms with Crippen molar-refractivity contribution in [1.82, 2.24) is 19.8 Å². The van der Waals surface area contributed by atoms with Crippen LogP contribution in [0, 0.1) is 23.7 Å². The second-order valence-corrected chi connectivity index (χ2v) is 13.5. The highest BCUT2D eigenvalue weighted by atomic mass is 19.1. The molecule has 0 radical (unpaired) electrons. The first-order valence-electron chi connectivity index (χ1n) is 16.6. The number of hydrogen-bond acceptors (Lipinski definition) is 8. The van der Waals surface area contributed by atoms with E-state index in [1.165, 1.54) is 52.9 Å². The highest BCUT2D eigenvalue weighted by Crippen LogP contribution is 2.47. The highest BCUT2D eigenvalue weighted by Gasteiger charge is 2.45. The maximum absolute atomic E-state index is 13.9. The van der Waals surface area contributed by atoms with Gasteiger partial charge < -0.3 is 24.3 Å². The lowest BCUT2D eigenvalue weighted by Gasteiger charge is -2.42. The van der Waals surface area contributed by atoms with Crippen molar-refractivity contribution in [3.63, 3.8) is 0 Å². The molecule has 3 aliphatic heterocycles. The number of benzene rings is 2. The smallest absolute Gasteiger partial charge is 0.318 e. The van der Waals surface area contributed by atoms with Crippen molar-refractivity contribution in [2.75, 3.05) is 62.2 Å². The molecule has 1 aromatic heterocycles. The van der Waals surface area contributed by atoms with Crippen LogP contribution in [0.15, 0.2) is 48.8 Å². The molecule has 4 heterocycles. The number of fused-ring (bicyclic) bond motifs is 2. The standard InChI is InChI=1S/C36H42FN7O2/c1-25-7-5-8-27-9-6-10-31(32(25)27)42-18-12-29-30(22-42)39-35(46-24-36(13-14-36)23-41-16-3-4-17-41)40-33(29)43-19-20-44(34(45)26(2)37)28(21-43)11-15-38/h5-10,28H,2-4,11-14,16-24H2,1H3/t28-/m0/s1. The number of aromatic nitrogens is 2. The van der Waals surface area contributed by atoms with Crippen molar-refractivity contribution in [3.8, 4) is 12.1 Å². The lowest BCUT2D eigenvalue weighted by Crippen LogP contribution is -2.55. The summed E-state index contributed by atoms with van der Waals surface area (Å²) in [6.07, 6.45) is 5.69. The van der Waals surface area contributed by atoms with Gasteiger partial charge in [0.2, 0.25) is 0 Å². The Kier molecular flexibility index (Phi) is 8.28. The third-order valence-electron chi connectivity index (χ3n) is 10.3. The van der Waals surface area contributed by atoms with Crippen LogP contribution in [-0.4, -0.2) is 84.1 Å². The zero-order valence-corrected chi connectivity index (χ0v) is 26.7. The molecule has 1 saturated carbocycles. The SMILES string of the molecule is C=C(F)C(=O)N1CCN(c2nc(OCC3(CN4CCCC4)CC3)nc3c2CCN(c2cccc4cccc(C)c24)C3)C[C@@H]1CC#N. The number of halogens is 1.